The van der Waals surface area contributed by atoms with Gasteiger partial charge in [0.2, 0.25) is 5.91 Å². The van der Waals surface area contributed by atoms with Gasteiger partial charge in [-0.25, -0.2) is 4.98 Å². The highest BCUT2D eigenvalue weighted by molar-refractivity contribution is 7.99. The molecule has 90 valence electrons. The van der Waals surface area contributed by atoms with Crippen molar-refractivity contribution in [3.8, 4) is 0 Å². The van der Waals surface area contributed by atoms with E-state index in [-0.39, 0.29) is 12.5 Å². The zero-order valence-electron chi connectivity index (χ0n) is 9.23. The standard InChI is InChI=1S/C10H16N2O2S2/c1-8-12-9(6-16-8)5-15-7-10(14)11-3-2-4-13/h6,13H,2-5,7H2,1H3,(H,11,14). The molecular formula is C10H16N2O2S2. The fourth-order valence-electron chi connectivity index (χ4n) is 1.08. The van der Waals surface area contributed by atoms with Gasteiger partial charge >= 0.3 is 0 Å². The molecule has 4 nitrogen and oxygen atoms in total. The number of amides is 1. The number of thioether (sulfide) groups is 1. The van der Waals surface area contributed by atoms with Gasteiger partial charge < -0.3 is 10.4 Å². The lowest BCUT2D eigenvalue weighted by Gasteiger charge is -2.02. The summed E-state index contributed by atoms with van der Waals surface area (Å²) in [7, 11) is 0. The Morgan fingerprint density at radius 2 is 2.50 bits per heavy atom. The minimum Gasteiger partial charge on any atom is -0.396 e. The lowest BCUT2D eigenvalue weighted by Crippen LogP contribution is -2.26. The van der Waals surface area contributed by atoms with Crippen molar-refractivity contribution in [1.29, 1.82) is 0 Å². The van der Waals surface area contributed by atoms with E-state index in [2.05, 4.69) is 10.3 Å². The van der Waals surface area contributed by atoms with E-state index in [1.54, 1.807) is 23.1 Å². The maximum atomic E-state index is 11.3. The summed E-state index contributed by atoms with van der Waals surface area (Å²) in [5.74, 6) is 1.24. The molecule has 0 fully saturated rings. The van der Waals surface area contributed by atoms with Gasteiger partial charge in [0.25, 0.3) is 0 Å². The fourth-order valence-corrected chi connectivity index (χ4v) is 2.55. The molecule has 6 heteroatoms. The van der Waals surface area contributed by atoms with Crippen LogP contribution in [0.25, 0.3) is 0 Å². The van der Waals surface area contributed by atoms with E-state index in [9.17, 15) is 4.79 Å². The summed E-state index contributed by atoms with van der Waals surface area (Å²) in [4.78, 5) is 15.6. The van der Waals surface area contributed by atoms with Gasteiger partial charge in [-0.1, -0.05) is 0 Å². The van der Waals surface area contributed by atoms with Crippen LogP contribution in [0.4, 0.5) is 0 Å². The largest absolute Gasteiger partial charge is 0.396 e. The Morgan fingerprint density at radius 1 is 1.69 bits per heavy atom. The van der Waals surface area contributed by atoms with Crippen LogP contribution < -0.4 is 5.32 Å². The van der Waals surface area contributed by atoms with Gasteiger partial charge in [0.1, 0.15) is 0 Å². The van der Waals surface area contributed by atoms with Crippen LogP contribution in [0, 0.1) is 6.92 Å². The van der Waals surface area contributed by atoms with Crippen LogP contribution >= 0.6 is 23.1 Å². The Labute approximate surface area is 103 Å². The van der Waals surface area contributed by atoms with Gasteiger partial charge in [-0.3, -0.25) is 4.79 Å². The predicted octanol–water partition coefficient (Wildman–Crippen LogP) is 1.18. The van der Waals surface area contributed by atoms with Crippen LogP contribution in [0.15, 0.2) is 5.38 Å². The third-order valence-electron chi connectivity index (χ3n) is 1.81. The second-order valence-corrected chi connectivity index (χ2v) is 5.33. The Morgan fingerprint density at radius 3 is 3.12 bits per heavy atom. The number of nitrogens with zero attached hydrogens (tertiary/aromatic N) is 1. The summed E-state index contributed by atoms with van der Waals surface area (Å²) in [5, 5.41) is 14.4. The quantitative estimate of drug-likeness (QED) is 0.723. The summed E-state index contributed by atoms with van der Waals surface area (Å²) in [5.41, 5.74) is 1.04. The molecule has 0 aromatic carbocycles. The second-order valence-electron chi connectivity index (χ2n) is 3.28. The number of carbonyl (C=O) groups excluding carboxylic acids is 1. The molecule has 0 saturated heterocycles. The monoisotopic (exact) mass is 260 g/mol. The van der Waals surface area contributed by atoms with Crippen molar-refractivity contribution in [2.24, 2.45) is 0 Å². The van der Waals surface area contributed by atoms with Crippen molar-refractivity contribution >= 4 is 29.0 Å². The third-order valence-corrected chi connectivity index (χ3v) is 3.60. The van der Waals surface area contributed by atoms with Crippen LogP contribution in [-0.2, 0) is 10.5 Å². The highest BCUT2D eigenvalue weighted by Gasteiger charge is 2.02. The number of nitrogens with one attached hydrogen (secondary N) is 1. The minimum absolute atomic E-state index is 0.0189. The van der Waals surface area contributed by atoms with Gasteiger partial charge in [0.15, 0.2) is 0 Å². The predicted molar refractivity (Wildman–Crippen MR) is 67.7 cm³/mol. The van der Waals surface area contributed by atoms with Gasteiger partial charge in [-0.2, -0.15) is 0 Å². The maximum absolute atomic E-state index is 11.3. The van der Waals surface area contributed by atoms with Crippen LogP contribution in [0.3, 0.4) is 0 Å². The van der Waals surface area contributed by atoms with Gasteiger partial charge in [0, 0.05) is 24.3 Å². The Hall–Kier alpha value is -0.590. The number of aliphatic hydroxyl groups excluding tert-OH is 1. The third kappa shape index (κ3) is 5.48. The van der Waals surface area contributed by atoms with E-state index >= 15 is 0 Å². The number of aryl methyl sites for hydroxylation is 1. The molecule has 1 aromatic heterocycles. The molecule has 0 aliphatic rings. The summed E-state index contributed by atoms with van der Waals surface area (Å²) >= 11 is 3.18. The first kappa shape index (κ1) is 13.5. The normalized spacial score (nSPS) is 10.4. The molecule has 2 N–H and O–H groups in total. The molecule has 1 heterocycles. The molecule has 1 rings (SSSR count). The van der Waals surface area contributed by atoms with Crippen molar-refractivity contribution in [1.82, 2.24) is 10.3 Å². The van der Waals surface area contributed by atoms with E-state index in [0.717, 1.165) is 16.5 Å². The fraction of sp³-hybridized carbons (Fsp3) is 0.600. The molecule has 16 heavy (non-hydrogen) atoms. The van der Waals surface area contributed by atoms with Crippen molar-refractivity contribution in [2.45, 2.75) is 19.1 Å². The molecule has 0 aliphatic carbocycles. The summed E-state index contributed by atoms with van der Waals surface area (Å²) in [6.45, 7) is 2.64. The molecular weight excluding hydrogens is 244 g/mol. The number of aliphatic hydroxyl groups is 1. The molecule has 1 amide bonds. The zero-order chi connectivity index (χ0) is 11.8. The number of hydrogen-bond donors (Lipinski definition) is 2. The van der Waals surface area contributed by atoms with Gasteiger partial charge in [-0.15, -0.1) is 23.1 Å². The van der Waals surface area contributed by atoms with Crippen molar-refractivity contribution in [3.05, 3.63) is 16.1 Å². The molecule has 0 atom stereocenters. The lowest BCUT2D eigenvalue weighted by atomic mass is 10.4. The second kappa shape index (κ2) is 7.65. The van der Waals surface area contributed by atoms with E-state index in [4.69, 9.17) is 5.11 Å². The van der Waals surface area contributed by atoms with Crippen LogP contribution in [0.1, 0.15) is 17.1 Å². The smallest absolute Gasteiger partial charge is 0.230 e. The highest BCUT2D eigenvalue weighted by Crippen LogP contribution is 2.14. The number of hydrogen-bond acceptors (Lipinski definition) is 5. The topological polar surface area (TPSA) is 62.2 Å². The Bertz CT molecular complexity index is 328. The highest BCUT2D eigenvalue weighted by atomic mass is 32.2. The van der Waals surface area contributed by atoms with E-state index in [1.165, 1.54) is 0 Å². The maximum Gasteiger partial charge on any atom is 0.230 e. The molecule has 0 spiro atoms. The first-order valence-corrected chi connectivity index (χ1v) is 7.12. The van der Waals surface area contributed by atoms with E-state index in [1.807, 2.05) is 12.3 Å². The molecule has 0 radical (unpaired) electrons. The number of thiazole rings is 1. The average Bonchev–Trinajstić information content (AvgIpc) is 2.65. The summed E-state index contributed by atoms with van der Waals surface area (Å²) in [6, 6.07) is 0. The molecule has 0 aliphatic heterocycles. The SMILES string of the molecule is Cc1nc(CSCC(=O)NCCCO)cs1. The molecule has 0 bridgehead atoms. The average molecular weight is 260 g/mol. The first-order valence-electron chi connectivity index (χ1n) is 5.08. The molecule has 0 saturated carbocycles. The first-order chi connectivity index (χ1) is 7.72. The van der Waals surface area contributed by atoms with Crippen molar-refractivity contribution < 1.29 is 9.90 Å². The Balaban J connectivity index is 2.08. The van der Waals surface area contributed by atoms with Crippen LogP contribution in [0.5, 0.6) is 0 Å². The van der Waals surface area contributed by atoms with Gasteiger partial charge in [-0.05, 0) is 13.3 Å². The number of rotatable bonds is 7. The van der Waals surface area contributed by atoms with Crippen LogP contribution in [0.2, 0.25) is 0 Å². The summed E-state index contributed by atoms with van der Waals surface area (Å²) in [6.07, 6.45) is 0.613. The molecule has 0 unspecified atom stereocenters. The minimum atomic E-state index is 0.0189. The van der Waals surface area contributed by atoms with Crippen molar-refractivity contribution in [3.63, 3.8) is 0 Å². The van der Waals surface area contributed by atoms with E-state index in [0.29, 0.717) is 18.7 Å². The number of carbonyl (C=O) groups is 1. The summed E-state index contributed by atoms with van der Waals surface area (Å²) < 4.78 is 0. The van der Waals surface area contributed by atoms with E-state index < -0.39 is 0 Å². The Kier molecular flexibility index (Phi) is 6.44. The van der Waals surface area contributed by atoms with Crippen molar-refractivity contribution in [2.75, 3.05) is 18.9 Å². The van der Waals surface area contributed by atoms with Crippen LogP contribution in [-0.4, -0.2) is 34.9 Å². The van der Waals surface area contributed by atoms with Gasteiger partial charge in [0.05, 0.1) is 16.5 Å². The molecule has 1 aromatic rings. The lowest BCUT2D eigenvalue weighted by molar-refractivity contribution is -0.118. The number of aromatic nitrogens is 1. The zero-order valence-corrected chi connectivity index (χ0v) is 10.9.